The van der Waals surface area contributed by atoms with Crippen LogP contribution in [0.1, 0.15) is 48.3 Å². The molecule has 0 fully saturated rings. The topological polar surface area (TPSA) is 85.9 Å². The number of hydrogen-bond donors (Lipinski definition) is 2. The van der Waals surface area contributed by atoms with Crippen molar-refractivity contribution in [2.24, 2.45) is 0 Å². The van der Waals surface area contributed by atoms with Gasteiger partial charge in [-0.05, 0) is 67.1 Å². The Morgan fingerprint density at radius 1 is 0.850 bits per heavy atom. The molecule has 2 atom stereocenters. The van der Waals surface area contributed by atoms with E-state index in [9.17, 15) is 9.59 Å². The Bertz CT molecular complexity index is 1540. The van der Waals surface area contributed by atoms with Gasteiger partial charge in [-0.2, -0.15) is 0 Å². The van der Waals surface area contributed by atoms with Crippen LogP contribution in [0, 0.1) is 6.92 Å². The fourth-order valence-electron chi connectivity index (χ4n) is 5.84. The SMILES string of the molecule is COc1ccccc1NC(=O)C1=C(C)NC2=C(C(=O)C[C@@H](c3ccc(OC)c(OC)c3)C2)[C@@H]1c1ccccc1C. The number of benzene rings is 3. The van der Waals surface area contributed by atoms with Crippen LogP contribution in [0.4, 0.5) is 5.69 Å². The van der Waals surface area contributed by atoms with Crippen molar-refractivity contribution in [1.29, 1.82) is 0 Å². The van der Waals surface area contributed by atoms with Crippen molar-refractivity contribution in [3.05, 3.63) is 106 Å². The molecule has 40 heavy (non-hydrogen) atoms. The second kappa shape index (κ2) is 11.3. The summed E-state index contributed by atoms with van der Waals surface area (Å²) in [5, 5.41) is 6.48. The number of nitrogens with one attached hydrogen (secondary N) is 2. The van der Waals surface area contributed by atoms with Gasteiger partial charge >= 0.3 is 0 Å². The van der Waals surface area contributed by atoms with E-state index >= 15 is 0 Å². The third-order valence-corrected chi connectivity index (χ3v) is 7.81. The summed E-state index contributed by atoms with van der Waals surface area (Å²) in [6.45, 7) is 3.92. The van der Waals surface area contributed by atoms with Crippen LogP contribution in [-0.4, -0.2) is 33.0 Å². The molecular formula is C33H34N2O5. The number of aryl methyl sites for hydroxylation is 1. The molecule has 1 aliphatic carbocycles. The van der Waals surface area contributed by atoms with Crippen LogP contribution in [0.3, 0.4) is 0 Å². The maximum Gasteiger partial charge on any atom is 0.254 e. The minimum atomic E-state index is -0.494. The predicted octanol–water partition coefficient (Wildman–Crippen LogP) is 6.02. The van der Waals surface area contributed by atoms with Gasteiger partial charge in [-0.25, -0.2) is 0 Å². The molecule has 0 saturated heterocycles. The lowest BCUT2D eigenvalue weighted by Gasteiger charge is -2.37. The van der Waals surface area contributed by atoms with Crippen molar-refractivity contribution in [3.8, 4) is 17.2 Å². The van der Waals surface area contributed by atoms with E-state index in [-0.39, 0.29) is 17.6 Å². The normalized spacial score (nSPS) is 18.6. The molecular weight excluding hydrogens is 504 g/mol. The van der Waals surface area contributed by atoms with Crippen molar-refractivity contribution in [1.82, 2.24) is 5.32 Å². The standard InChI is InChI=1S/C33H34N2O5/c1-19-10-6-7-11-23(19)31-30(33(37)35-24-12-8-9-13-27(24)38-3)20(2)34-25-16-22(17-26(36)32(25)31)21-14-15-28(39-4)29(18-21)40-5/h6-15,18,22,31,34H,16-17H2,1-5H3,(H,35,37)/t22-,31+/m0/s1. The first-order valence-corrected chi connectivity index (χ1v) is 13.3. The molecule has 3 aromatic carbocycles. The summed E-state index contributed by atoms with van der Waals surface area (Å²) in [5.41, 5.74) is 6.30. The molecule has 5 rings (SSSR count). The van der Waals surface area contributed by atoms with Gasteiger partial charge in [0.15, 0.2) is 17.3 Å². The Kier molecular flexibility index (Phi) is 7.65. The van der Waals surface area contributed by atoms with E-state index in [1.54, 1.807) is 33.5 Å². The van der Waals surface area contributed by atoms with Crippen LogP contribution >= 0.6 is 0 Å². The van der Waals surface area contributed by atoms with Crippen LogP contribution in [0.25, 0.3) is 0 Å². The number of rotatable bonds is 7. The lowest BCUT2D eigenvalue weighted by atomic mass is 9.71. The van der Waals surface area contributed by atoms with Crippen molar-refractivity contribution >= 4 is 17.4 Å². The number of ether oxygens (including phenoxy) is 3. The molecule has 7 heteroatoms. The lowest BCUT2D eigenvalue weighted by Crippen LogP contribution is -2.37. The van der Waals surface area contributed by atoms with Gasteiger partial charge in [0.25, 0.3) is 5.91 Å². The number of dihydropyridines is 1. The smallest absolute Gasteiger partial charge is 0.254 e. The summed E-state index contributed by atoms with van der Waals surface area (Å²) >= 11 is 0. The molecule has 2 N–H and O–H groups in total. The Morgan fingerprint density at radius 2 is 1.55 bits per heavy atom. The second-order valence-corrected chi connectivity index (χ2v) is 10.1. The molecule has 1 amide bonds. The minimum Gasteiger partial charge on any atom is -0.495 e. The number of ketones is 1. The number of carbonyl (C=O) groups excluding carboxylic acids is 2. The summed E-state index contributed by atoms with van der Waals surface area (Å²) in [4.78, 5) is 27.9. The first kappa shape index (κ1) is 27.1. The highest BCUT2D eigenvalue weighted by Gasteiger charge is 2.41. The van der Waals surface area contributed by atoms with Gasteiger partial charge in [0.05, 0.1) is 27.0 Å². The Morgan fingerprint density at radius 3 is 2.27 bits per heavy atom. The number of methoxy groups -OCH3 is 3. The largest absolute Gasteiger partial charge is 0.495 e. The summed E-state index contributed by atoms with van der Waals surface area (Å²) in [6, 6.07) is 21.0. The van der Waals surface area contributed by atoms with Crippen LogP contribution in [0.5, 0.6) is 17.2 Å². The Hall–Kier alpha value is -4.52. The molecule has 2 aliphatic rings. The molecule has 0 bridgehead atoms. The van der Waals surface area contributed by atoms with Crippen molar-refractivity contribution in [2.75, 3.05) is 26.6 Å². The fraction of sp³-hybridized carbons (Fsp3) is 0.273. The van der Waals surface area contributed by atoms with E-state index < -0.39 is 5.92 Å². The third-order valence-electron chi connectivity index (χ3n) is 7.81. The molecule has 206 valence electrons. The van der Waals surface area contributed by atoms with Crippen molar-refractivity contribution < 1.29 is 23.8 Å². The van der Waals surface area contributed by atoms with Crippen molar-refractivity contribution in [3.63, 3.8) is 0 Å². The monoisotopic (exact) mass is 538 g/mol. The number of hydrogen-bond acceptors (Lipinski definition) is 6. The number of amides is 1. The summed E-state index contributed by atoms with van der Waals surface area (Å²) < 4.78 is 16.4. The first-order chi connectivity index (χ1) is 19.4. The maximum atomic E-state index is 14.0. The second-order valence-electron chi connectivity index (χ2n) is 10.1. The zero-order valence-electron chi connectivity index (χ0n) is 23.5. The highest BCUT2D eigenvalue weighted by Crippen LogP contribution is 2.47. The Balaban J connectivity index is 1.56. The quantitative estimate of drug-likeness (QED) is 0.383. The number of Topliss-reactive ketones (excluding diaryl/α,β-unsaturated/α-hetero) is 1. The molecule has 1 aliphatic heterocycles. The third kappa shape index (κ3) is 4.95. The van der Waals surface area contributed by atoms with Gasteiger partial charge in [-0.1, -0.05) is 42.5 Å². The number of para-hydroxylation sites is 2. The van der Waals surface area contributed by atoms with Crippen LogP contribution < -0.4 is 24.8 Å². The molecule has 0 saturated carbocycles. The van der Waals surface area contributed by atoms with Crippen LogP contribution in [-0.2, 0) is 9.59 Å². The van der Waals surface area contributed by atoms with Crippen LogP contribution in [0.15, 0.2) is 89.3 Å². The molecule has 0 aromatic heterocycles. The molecule has 1 heterocycles. The fourth-order valence-corrected chi connectivity index (χ4v) is 5.84. The molecule has 0 spiro atoms. The van der Waals surface area contributed by atoms with E-state index in [2.05, 4.69) is 10.6 Å². The molecule has 0 unspecified atom stereocenters. The van der Waals surface area contributed by atoms with Gasteiger partial charge < -0.3 is 24.8 Å². The van der Waals surface area contributed by atoms with E-state index in [4.69, 9.17) is 14.2 Å². The van der Waals surface area contributed by atoms with Crippen LogP contribution in [0.2, 0.25) is 0 Å². The van der Waals surface area contributed by atoms with E-state index in [1.165, 1.54) is 0 Å². The first-order valence-electron chi connectivity index (χ1n) is 13.3. The predicted molar refractivity (Wildman–Crippen MR) is 155 cm³/mol. The number of carbonyl (C=O) groups is 2. The number of anilines is 1. The van der Waals surface area contributed by atoms with Gasteiger partial charge in [0, 0.05) is 34.9 Å². The zero-order chi connectivity index (χ0) is 28.4. The van der Waals surface area contributed by atoms with E-state index in [0.717, 1.165) is 28.1 Å². The minimum absolute atomic E-state index is 0.0249. The average Bonchev–Trinajstić information content (AvgIpc) is 2.96. The maximum absolute atomic E-state index is 14.0. The summed E-state index contributed by atoms with van der Waals surface area (Å²) in [6.07, 6.45) is 0.969. The van der Waals surface area contributed by atoms with Gasteiger partial charge in [0.2, 0.25) is 0 Å². The van der Waals surface area contributed by atoms with Crippen molar-refractivity contribution in [2.45, 2.75) is 38.5 Å². The van der Waals surface area contributed by atoms with E-state index in [1.807, 2.05) is 68.4 Å². The highest BCUT2D eigenvalue weighted by atomic mass is 16.5. The summed E-state index contributed by atoms with van der Waals surface area (Å²) in [7, 11) is 4.78. The summed E-state index contributed by atoms with van der Waals surface area (Å²) in [5.74, 6) is 1.07. The number of allylic oxidation sites excluding steroid dienone is 3. The zero-order valence-corrected chi connectivity index (χ0v) is 23.5. The van der Waals surface area contributed by atoms with Gasteiger partial charge in [-0.3, -0.25) is 9.59 Å². The average molecular weight is 539 g/mol. The molecule has 7 nitrogen and oxygen atoms in total. The molecule has 3 aromatic rings. The molecule has 0 radical (unpaired) electrons. The highest BCUT2D eigenvalue weighted by molar-refractivity contribution is 6.10. The Labute approximate surface area is 234 Å². The van der Waals surface area contributed by atoms with Gasteiger partial charge in [-0.15, -0.1) is 0 Å². The van der Waals surface area contributed by atoms with E-state index in [0.29, 0.717) is 46.9 Å². The lowest BCUT2D eigenvalue weighted by molar-refractivity contribution is -0.116. The van der Waals surface area contributed by atoms with Gasteiger partial charge in [0.1, 0.15) is 5.75 Å².